The number of benzene rings is 1. The highest BCUT2D eigenvalue weighted by molar-refractivity contribution is 6.67. The lowest BCUT2D eigenvalue weighted by Crippen LogP contribution is -2.15. The van der Waals surface area contributed by atoms with Gasteiger partial charge in [-0.1, -0.05) is 65.1 Å². The highest BCUT2D eigenvalue weighted by Gasteiger charge is 2.21. The maximum absolute atomic E-state index is 11.2. The fourth-order valence-electron chi connectivity index (χ4n) is 0.929. The number of esters is 1. The molecule has 0 unspecified atom stereocenters. The van der Waals surface area contributed by atoms with Crippen LogP contribution in [0.5, 0.6) is 0 Å². The van der Waals surface area contributed by atoms with E-state index >= 15 is 0 Å². The van der Waals surface area contributed by atoms with Crippen molar-refractivity contribution < 1.29 is 9.53 Å². The standard InChI is InChI=1S/C11H9Cl3O2/c12-11(13,14)8-16-10(15)7-6-9-4-2-1-3-5-9/h1-7H,8H2. The number of rotatable bonds is 3. The van der Waals surface area contributed by atoms with Gasteiger partial charge in [0.15, 0.2) is 0 Å². The number of carbonyl (C=O) groups excluding carboxylic acids is 1. The van der Waals surface area contributed by atoms with E-state index in [2.05, 4.69) is 0 Å². The summed E-state index contributed by atoms with van der Waals surface area (Å²) in [5.41, 5.74) is 0.897. The van der Waals surface area contributed by atoms with Crippen LogP contribution < -0.4 is 0 Å². The van der Waals surface area contributed by atoms with Crippen molar-refractivity contribution >= 4 is 46.8 Å². The zero-order chi connectivity index (χ0) is 12.0. The second kappa shape index (κ2) is 6.14. The Labute approximate surface area is 109 Å². The lowest BCUT2D eigenvalue weighted by Gasteiger charge is -2.09. The molecule has 0 spiro atoms. The van der Waals surface area contributed by atoms with E-state index in [-0.39, 0.29) is 6.61 Å². The fourth-order valence-corrected chi connectivity index (χ4v) is 1.09. The molecule has 0 bridgehead atoms. The van der Waals surface area contributed by atoms with Gasteiger partial charge in [0, 0.05) is 6.08 Å². The number of hydrogen-bond acceptors (Lipinski definition) is 2. The average Bonchev–Trinajstić information content (AvgIpc) is 2.24. The van der Waals surface area contributed by atoms with Crippen molar-refractivity contribution in [3.05, 3.63) is 42.0 Å². The fraction of sp³-hybridized carbons (Fsp3) is 0.182. The van der Waals surface area contributed by atoms with E-state index < -0.39 is 9.76 Å². The molecule has 1 aromatic carbocycles. The lowest BCUT2D eigenvalue weighted by atomic mass is 10.2. The quantitative estimate of drug-likeness (QED) is 0.480. The summed E-state index contributed by atoms with van der Waals surface area (Å²) < 4.78 is 3.13. The molecule has 5 heteroatoms. The van der Waals surface area contributed by atoms with E-state index in [0.29, 0.717) is 0 Å². The average molecular weight is 280 g/mol. The van der Waals surface area contributed by atoms with Gasteiger partial charge in [-0.05, 0) is 11.6 Å². The number of alkyl halides is 3. The Bertz CT molecular complexity index is 369. The molecule has 0 saturated heterocycles. The van der Waals surface area contributed by atoms with Gasteiger partial charge in [-0.15, -0.1) is 0 Å². The third-order valence-corrected chi connectivity index (χ3v) is 1.92. The topological polar surface area (TPSA) is 26.3 Å². The maximum atomic E-state index is 11.2. The van der Waals surface area contributed by atoms with Crippen LogP contribution in [0, 0.1) is 0 Å². The Morgan fingerprint density at radius 1 is 1.25 bits per heavy atom. The van der Waals surface area contributed by atoms with Crippen molar-refractivity contribution in [2.24, 2.45) is 0 Å². The first kappa shape index (κ1) is 13.4. The lowest BCUT2D eigenvalue weighted by molar-refractivity contribution is -0.137. The molecule has 16 heavy (non-hydrogen) atoms. The molecule has 86 valence electrons. The molecule has 0 aliphatic heterocycles. The zero-order valence-electron chi connectivity index (χ0n) is 8.20. The minimum atomic E-state index is -1.57. The molecule has 0 amide bonds. The van der Waals surface area contributed by atoms with E-state index in [1.807, 2.05) is 30.3 Å². The van der Waals surface area contributed by atoms with Crippen molar-refractivity contribution in [3.8, 4) is 0 Å². The molecule has 0 atom stereocenters. The van der Waals surface area contributed by atoms with Crippen LogP contribution in [0.3, 0.4) is 0 Å². The molecule has 2 nitrogen and oxygen atoms in total. The van der Waals surface area contributed by atoms with Crippen LogP contribution in [-0.2, 0) is 9.53 Å². The summed E-state index contributed by atoms with van der Waals surface area (Å²) in [5, 5.41) is 0. The molecule has 1 rings (SSSR count). The Balaban J connectivity index is 2.43. The van der Waals surface area contributed by atoms with Crippen molar-refractivity contribution in [1.82, 2.24) is 0 Å². The molecule has 1 aromatic rings. The molecule has 0 heterocycles. The van der Waals surface area contributed by atoms with Crippen LogP contribution in [0.15, 0.2) is 36.4 Å². The first-order chi connectivity index (χ1) is 7.47. The van der Waals surface area contributed by atoms with E-state index in [1.165, 1.54) is 6.08 Å². The highest BCUT2D eigenvalue weighted by Crippen LogP contribution is 2.25. The second-order valence-electron chi connectivity index (χ2n) is 2.97. The van der Waals surface area contributed by atoms with Crippen LogP contribution in [0.25, 0.3) is 6.08 Å². The van der Waals surface area contributed by atoms with E-state index in [9.17, 15) is 4.79 Å². The number of hydrogen-bond donors (Lipinski definition) is 0. The highest BCUT2D eigenvalue weighted by atomic mass is 35.6. The predicted molar refractivity (Wildman–Crippen MR) is 66.7 cm³/mol. The number of carbonyl (C=O) groups is 1. The third-order valence-electron chi connectivity index (χ3n) is 1.59. The van der Waals surface area contributed by atoms with Crippen LogP contribution in [0.2, 0.25) is 0 Å². The van der Waals surface area contributed by atoms with Crippen molar-refractivity contribution in [3.63, 3.8) is 0 Å². The predicted octanol–water partition coefficient (Wildman–Crippen LogP) is 3.61. The number of ether oxygens (including phenoxy) is 1. The molecule has 0 aromatic heterocycles. The minimum Gasteiger partial charge on any atom is -0.458 e. The van der Waals surface area contributed by atoms with Gasteiger partial charge in [0.2, 0.25) is 3.79 Å². The van der Waals surface area contributed by atoms with Crippen molar-refractivity contribution in [1.29, 1.82) is 0 Å². The monoisotopic (exact) mass is 278 g/mol. The molecule has 0 radical (unpaired) electrons. The van der Waals surface area contributed by atoms with Gasteiger partial charge < -0.3 is 4.74 Å². The summed E-state index contributed by atoms with van der Waals surface area (Å²) in [7, 11) is 0. The minimum absolute atomic E-state index is 0.268. The Morgan fingerprint density at radius 2 is 1.88 bits per heavy atom. The Hall–Kier alpha value is -0.700. The molecular weight excluding hydrogens is 270 g/mol. The summed E-state index contributed by atoms with van der Waals surface area (Å²) in [6.07, 6.45) is 2.91. The smallest absolute Gasteiger partial charge is 0.330 e. The number of halogens is 3. The first-order valence-corrected chi connectivity index (χ1v) is 5.57. The van der Waals surface area contributed by atoms with Gasteiger partial charge in [0.05, 0.1) is 0 Å². The van der Waals surface area contributed by atoms with Crippen LogP contribution in [-0.4, -0.2) is 16.4 Å². The summed E-state index contributed by atoms with van der Waals surface area (Å²) in [6, 6.07) is 9.34. The molecule has 0 saturated carbocycles. The molecule has 0 aliphatic rings. The van der Waals surface area contributed by atoms with Gasteiger partial charge >= 0.3 is 5.97 Å². The summed E-state index contributed by atoms with van der Waals surface area (Å²) in [4.78, 5) is 11.2. The molecular formula is C11H9Cl3O2. The van der Waals surface area contributed by atoms with Crippen molar-refractivity contribution in [2.75, 3.05) is 6.61 Å². The van der Waals surface area contributed by atoms with Gasteiger partial charge in [-0.25, -0.2) is 4.79 Å². The molecule has 0 fully saturated rings. The summed E-state index contributed by atoms with van der Waals surface area (Å²) in [6.45, 7) is -0.268. The Morgan fingerprint density at radius 3 is 2.44 bits per heavy atom. The van der Waals surface area contributed by atoms with Gasteiger partial charge in [-0.2, -0.15) is 0 Å². The summed E-state index contributed by atoms with van der Waals surface area (Å²) >= 11 is 16.3. The molecule has 0 aliphatic carbocycles. The van der Waals surface area contributed by atoms with E-state index in [4.69, 9.17) is 39.5 Å². The normalized spacial score (nSPS) is 11.7. The van der Waals surface area contributed by atoms with Crippen LogP contribution in [0.4, 0.5) is 0 Å². The van der Waals surface area contributed by atoms with Gasteiger partial charge in [-0.3, -0.25) is 0 Å². The van der Waals surface area contributed by atoms with Crippen LogP contribution >= 0.6 is 34.8 Å². The zero-order valence-corrected chi connectivity index (χ0v) is 10.5. The summed E-state index contributed by atoms with van der Waals surface area (Å²) in [5.74, 6) is -0.546. The van der Waals surface area contributed by atoms with E-state index in [0.717, 1.165) is 5.56 Å². The molecule has 0 N–H and O–H groups in total. The Kier molecular flexibility index (Phi) is 5.13. The largest absolute Gasteiger partial charge is 0.458 e. The second-order valence-corrected chi connectivity index (χ2v) is 5.48. The van der Waals surface area contributed by atoms with Gasteiger partial charge in [0.1, 0.15) is 6.61 Å². The first-order valence-electron chi connectivity index (χ1n) is 4.44. The van der Waals surface area contributed by atoms with Crippen LogP contribution in [0.1, 0.15) is 5.56 Å². The SMILES string of the molecule is O=C(C=Cc1ccccc1)OCC(Cl)(Cl)Cl. The maximum Gasteiger partial charge on any atom is 0.330 e. The van der Waals surface area contributed by atoms with E-state index in [1.54, 1.807) is 6.08 Å². The third kappa shape index (κ3) is 6.01. The van der Waals surface area contributed by atoms with Crippen molar-refractivity contribution in [2.45, 2.75) is 3.79 Å². The van der Waals surface area contributed by atoms with Gasteiger partial charge in [0.25, 0.3) is 0 Å².